The van der Waals surface area contributed by atoms with Gasteiger partial charge in [0, 0.05) is 16.8 Å². The van der Waals surface area contributed by atoms with Crippen LogP contribution in [0, 0.1) is 5.41 Å². The molecular formula is C18H24N2O. The summed E-state index contributed by atoms with van der Waals surface area (Å²) < 4.78 is 0. The normalized spacial score (nSPS) is 26.0. The monoisotopic (exact) mass is 284 g/mol. The molecule has 1 amide bonds. The highest BCUT2D eigenvalue weighted by atomic mass is 16.2. The molecule has 0 aromatic heterocycles. The van der Waals surface area contributed by atoms with E-state index in [0.29, 0.717) is 0 Å². The Morgan fingerprint density at radius 2 is 1.90 bits per heavy atom. The lowest BCUT2D eigenvalue weighted by Crippen LogP contribution is -2.61. The summed E-state index contributed by atoms with van der Waals surface area (Å²) >= 11 is 0. The Hall–Kier alpha value is -1.64. The van der Waals surface area contributed by atoms with E-state index < -0.39 is 0 Å². The van der Waals surface area contributed by atoms with Gasteiger partial charge >= 0.3 is 0 Å². The molecule has 0 bridgehead atoms. The predicted molar refractivity (Wildman–Crippen MR) is 87.2 cm³/mol. The Balaban J connectivity index is 2.36. The van der Waals surface area contributed by atoms with Crippen LogP contribution in [-0.4, -0.2) is 23.2 Å². The van der Waals surface area contributed by atoms with Gasteiger partial charge in [-0.1, -0.05) is 32.0 Å². The summed E-state index contributed by atoms with van der Waals surface area (Å²) in [5, 5.41) is 0. The van der Waals surface area contributed by atoms with Crippen LogP contribution in [0.1, 0.15) is 52.7 Å². The zero-order valence-electron chi connectivity index (χ0n) is 13.8. The number of aliphatic imine (C=N–C) groups is 1. The van der Waals surface area contributed by atoms with Crippen LogP contribution < -0.4 is 4.90 Å². The van der Waals surface area contributed by atoms with Crippen molar-refractivity contribution in [3.05, 3.63) is 29.3 Å². The van der Waals surface area contributed by atoms with Crippen LogP contribution in [0.3, 0.4) is 0 Å². The highest BCUT2D eigenvalue weighted by Gasteiger charge is 2.51. The predicted octanol–water partition coefficient (Wildman–Crippen LogP) is 3.59. The van der Waals surface area contributed by atoms with Gasteiger partial charge in [0.2, 0.25) is 0 Å². The van der Waals surface area contributed by atoms with Crippen molar-refractivity contribution >= 4 is 17.3 Å². The molecule has 3 rings (SSSR count). The van der Waals surface area contributed by atoms with Crippen LogP contribution in [0.25, 0.3) is 0 Å². The van der Waals surface area contributed by atoms with Crippen molar-refractivity contribution in [2.45, 2.75) is 59.5 Å². The van der Waals surface area contributed by atoms with Gasteiger partial charge in [-0.3, -0.25) is 9.79 Å². The Kier molecular flexibility index (Phi) is 2.85. The standard InChI is InChI=1S/C18H24N2O/c1-11-14-9-7-8-13-10-17(3,4)18(5,6)20(15(13)14)16(21)12(2)19-11/h7-9,12H,10H2,1-6H3. The molecule has 21 heavy (non-hydrogen) atoms. The molecular weight excluding hydrogens is 260 g/mol. The number of benzene rings is 1. The first kappa shape index (κ1) is 14.3. The van der Waals surface area contributed by atoms with E-state index in [4.69, 9.17) is 0 Å². The number of amides is 1. The van der Waals surface area contributed by atoms with Crippen LogP contribution in [0.4, 0.5) is 5.69 Å². The number of nitrogens with zero attached hydrogens (tertiary/aromatic N) is 2. The molecule has 0 saturated carbocycles. The van der Waals surface area contributed by atoms with Crippen molar-refractivity contribution in [3.8, 4) is 0 Å². The number of anilines is 1. The minimum Gasteiger partial charge on any atom is -0.304 e. The van der Waals surface area contributed by atoms with Crippen LogP contribution >= 0.6 is 0 Å². The fraction of sp³-hybridized carbons (Fsp3) is 0.556. The largest absolute Gasteiger partial charge is 0.304 e. The number of para-hydroxylation sites is 1. The van der Waals surface area contributed by atoms with Crippen molar-refractivity contribution in [1.29, 1.82) is 0 Å². The van der Waals surface area contributed by atoms with E-state index in [1.54, 1.807) is 0 Å². The molecule has 1 unspecified atom stereocenters. The molecule has 1 atom stereocenters. The lowest BCUT2D eigenvalue weighted by atomic mass is 9.66. The SMILES string of the molecule is CC1=NC(C)C(=O)N2c3c(cccc31)CC(C)(C)C2(C)C. The fourth-order valence-corrected chi connectivity index (χ4v) is 3.55. The number of hydrogen-bond donors (Lipinski definition) is 0. The molecule has 1 aromatic carbocycles. The minimum absolute atomic E-state index is 0.0201. The summed E-state index contributed by atoms with van der Waals surface area (Å²) in [6, 6.07) is 6.00. The molecule has 0 N–H and O–H groups in total. The molecule has 2 aliphatic heterocycles. The topological polar surface area (TPSA) is 32.7 Å². The molecule has 2 heterocycles. The molecule has 0 saturated heterocycles. The third-order valence-electron chi connectivity index (χ3n) is 5.55. The van der Waals surface area contributed by atoms with E-state index in [9.17, 15) is 4.79 Å². The highest BCUT2D eigenvalue weighted by molar-refractivity contribution is 6.13. The van der Waals surface area contributed by atoms with Crippen LogP contribution in [0.15, 0.2) is 23.2 Å². The van der Waals surface area contributed by atoms with Gasteiger partial charge in [0.05, 0.1) is 5.69 Å². The lowest BCUT2D eigenvalue weighted by Gasteiger charge is -2.54. The van der Waals surface area contributed by atoms with Crippen molar-refractivity contribution in [1.82, 2.24) is 0 Å². The average molecular weight is 284 g/mol. The number of carbonyl (C=O) groups is 1. The molecule has 0 aliphatic carbocycles. The molecule has 3 heteroatoms. The molecule has 2 aliphatic rings. The summed E-state index contributed by atoms with van der Waals surface area (Å²) in [5.74, 6) is 0.110. The zero-order valence-corrected chi connectivity index (χ0v) is 13.8. The van der Waals surface area contributed by atoms with Crippen molar-refractivity contribution in [3.63, 3.8) is 0 Å². The third-order valence-corrected chi connectivity index (χ3v) is 5.55. The van der Waals surface area contributed by atoms with E-state index in [0.717, 1.165) is 23.4 Å². The number of rotatable bonds is 0. The zero-order chi connectivity index (χ0) is 15.6. The van der Waals surface area contributed by atoms with Gasteiger partial charge < -0.3 is 4.90 Å². The van der Waals surface area contributed by atoms with Crippen molar-refractivity contribution in [2.75, 3.05) is 4.90 Å². The first-order valence-electron chi connectivity index (χ1n) is 7.67. The summed E-state index contributed by atoms with van der Waals surface area (Å²) in [4.78, 5) is 19.6. The third kappa shape index (κ3) is 1.79. The van der Waals surface area contributed by atoms with Gasteiger partial charge in [0.25, 0.3) is 5.91 Å². The van der Waals surface area contributed by atoms with Crippen molar-refractivity contribution < 1.29 is 4.79 Å². The van der Waals surface area contributed by atoms with E-state index >= 15 is 0 Å². The Labute approximate surface area is 127 Å². The van der Waals surface area contributed by atoms with E-state index in [2.05, 4.69) is 50.9 Å². The van der Waals surface area contributed by atoms with E-state index in [1.165, 1.54) is 5.56 Å². The summed E-state index contributed by atoms with van der Waals surface area (Å²) in [6.45, 7) is 12.8. The Bertz CT molecular complexity index is 655. The van der Waals surface area contributed by atoms with Crippen LogP contribution in [-0.2, 0) is 11.2 Å². The quantitative estimate of drug-likeness (QED) is 0.716. The Morgan fingerprint density at radius 1 is 1.24 bits per heavy atom. The number of carbonyl (C=O) groups excluding carboxylic acids is 1. The maximum Gasteiger partial charge on any atom is 0.252 e. The summed E-state index contributed by atoms with van der Waals surface area (Å²) in [7, 11) is 0. The van der Waals surface area contributed by atoms with Gasteiger partial charge in [0.15, 0.2) is 0 Å². The highest BCUT2D eigenvalue weighted by Crippen LogP contribution is 2.49. The lowest BCUT2D eigenvalue weighted by molar-refractivity contribution is -0.121. The van der Waals surface area contributed by atoms with Crippen molar-refractivity contribution in [2.24, 2.45) is 10.4 Å². The molecule has 0 radical (unpaired) electrons. The summed E-state index contributed by atoms with van der Waals surface area (Å²) in [6.07, 6.45) is 0.981. The van der Waals surface area contributed by atoms with E-state index in [1.807, 2.05) is 18.7 Å². The first-order chi connectivity index (χ1) is 9.67. The summed E-state index contributed by atoms with van der Waals surface area (Å²) in [5.41, 5.74) is 4.19. The van der Waals surface area contributed by atoms with Crippen LogP contribution in [0.2, 0.25) is 0 Å². The van der Waals surface area contributed by atoms with Gasteiger partial charge in [-0.15, -0.1) is 0 Å². The molecule has 1 aromatic rings. The fourth-order valence-electron chi connectivity index (χ4n) is 3.55. The Morgan fingerprint density at radius 3 is 2.57 bits per heavy atom. The second-order valence-electron chi connectivity index (χ2n) is 7.50. The van der Waals surface area contributed by atoms with E-state index in [-0.39, 0.29) is 22.9 Å². The smallest absolute Gasteiger partial charge is 0.252 e. The average Bonchev–Trinajstić information content (AvgIpc) is 2.46. The van der Waals surface area contributed by atoms with Gasteiger partial charge in [-0.05, 0) is 45.1 Å². The molecule has 0 fully saturated rings. The maximum atomic E-state index is 13.0. The second-order valence-corrected chi connectivity index (χ2v) is 7.50. The van der Waals surface area contributed by atoms with Gasteiger partial charge in [0.1, 0.15) is 6.04 Å². The number of hydrogen-bond acceptors (Lipinski definition) is 2. The molecule has 3 nitrogen and oxygen atoms in total. The van der Waals surface area contributed by atoms with Gasteiger partial charge in [-0.2, -0.15) is 0 Å². The maximum absolute atomic E-state index is 13.0. The van der Waals surface area contributed by atoms with Gasteiger partial charge in [-0.25, -0.2) is 0 Å². The minimum atomic E-state index is -0.321. The van der Waals surface area contributed by atoms with Crippen LogP contribution in [0.5, 0.6) is 0 Å². The first-order valence-corrected chi connectivity index (χ1v) is 7.67. The molecule has 112 valence electrons. The second kappa shape index (κ2) is 4.19. The molecule has 0 spiro atoms.